The third kappa shape index (κ3) is 5.97. The van der Waals surface area contributed by atoms with Crippen LogP contribution >= 0.6 is 0 Å². The normalized spacial score (nSPS) is 11.1. The lowest BCUT2D eigenvalue weighted by molar-refractivity contribution is -0.119. The molecule has 1 rings (SSSR count). The van der Waals surface area contributed by atoms with Crippen LogP contribution in [0, 0.1) is 12.8 Å². The molecule has 0 unspecified atom stereocenters. The summed E-state index contributed by atoms with van der Waals surface area (Å²) in [7, 11) is 0. The number of aromatic nitrogens is 2. The molecule has 0 saturated carbocycles. The number of anilines is 1. The van der Waals surface area contributed by atoms with Gasteiger partial charge in [0.2, 0.25) is 5.91 Å². The smallest absolute Gasteiger partial charge is 0.231 e. The number of carbonyl (C=O) groups excluding carboxylic acids is 1. The monoisotopic (exact) mass is 279 g/mol. The van der Waals surface area contributed by atoms with E-state index in [9.17, 15) is 4.79 Å². The molecule has 0 radical (unpaired) electrons. The molecule has 1 aromatic heterocycles. The summed E-state index contributed by atoms with van der Waals surface area (Å²) in [6.45, 7) is 10.5. The Bertz CT molecular complexity index is 447. The lowest BCUT2D eigenvalue weighted by atomic mass is 10.2. The summed E-state index contributed by atoms with van der Waals surface area (Å²) in [5.41, 5.74) is 6.21. The maximum atomic E-state index is 11.1. The Hall–Kier alpha value is -1.69. The van der Waals surface area contributed by atoms with Crippen LogP contribution in [0.1, 0.15) is 32.3 Å². The quantitative estimate of drug-likeness (QED) is 0.746. The van der Waals surface area contributed by atoms with Crippen LogP contribution in [0.2, 0.25) is 0 Å². The van der Waals surface area contributed by atoms with Gasteiger partial charge >= 0.3 is 0 Å². The lowest BCUT2D eigenvalue weighted by Gasteiger charge is -2.22. The van der Waals surface area contributed by atoms with Crippen LogP contribution in [-0.4, -0.2) is 40.4 Å². The zero-order valence-corrected chi connectivity index (χ0v) is 12.8. The van der Waals surface area contributed by atoms with Crippen LogP contribution in [0.25, 0.3) is 0 Å². The molecule has 1 aromatic rings. The highest BCUT2D eigenvalue weighted by Crippen LogP contribution is 2.09. The fraction of sp³-hybridized carbons (Fsp3) is 0.643. The van der Waals surface area contributed by atoms with E-state index in [-0.39, 0.29) is 12.5 Å². The maximum absolute atomic E-state index is 11.1. The summed E-state index contributed by atoms with van der Waals surface area (Å²) < 4.78 is 0. The van der Waals surface area contributed by atoms with Crippen molar-refractivity contribution in [2.75, 3.05) is 25.0 Å². The number of carbonyl (C=O) groups is 1. The molecule has 0 aliphatic heterocycles. The minimum Gasteiger partial charge on any atom is -0.370 e. The minimum absolute atomic E-state index is 0.228. The van der Waals surface area contributed by atoms with Gasteiger partial charge in [0.25, 0.3) is 0 Å². The molecular formula is C14H25N5O. The van der Waals surface area contributed by atoms with E-state index in [4.69, 9.17) is 5.73 Å². The van der Waals surface area contributed by atoms with Gasteiger partial charge in [0, 0.05) is 24.8 Å². The van der Waals surface area contributed by atoms with Gasteiger partial charge in [-0.15, -0.1) is 0 Å². The van der Waals surface area contributed by atoms with Crippen LogP contribution in [0.3, 0.4) is 0 Å². The minimum atomic E-state index is -0.329. The number of amides is 1. The number of rotatable bonds is 8. The van der Waals surface area contributed by atoms with E-state index in [0.717, 1.165) is 24.6 Å². The van der Waals surface area contributed by atoms with E-state index < -0.39 is 0 Å². The fourth-order valence-corrected chi connectivity index (χ4v) is 2.09. The molecule has 3 N–H and O–H groups in total. The van der Waals surface area contributed by atoms with E-state index in [0.29, 0.717) is 18.3 Å². The van der Waals surface area contributed by atoms with Crippen molar-refractivity contribution >= 4 is 11.7 Å². The number of nitrogens with two attached hydrogens (primary N) is 1. The number of hydrogen-bond donors (Lipinski definition) is 2. The van der Waals surface area contributed by atoms with Crippen LogP contribution < -0.4 is 11.1 Å². The molecule has 0 saturated heterocycles. The fourth-order valence-electron chi connectivity index (χ4n) is 2.09. The largest absolute Gasteiger partial charge is 0.370 e. The Morgan fingerprint density at radius 2 is 2.15 bits per heavy atom. The Morgan fingerprint density at radius 1 is 1.45 bits per heavy atom. The first-order valence-corrected chi connectivity index (χ1v) is 6.99. The van der Waals surface area contributed by atoms with Gasteiger partial charge in [-0.25, -0.2) is 9.97 Å². The first-order chi connectivity index (χ1) is 9.40. The Balaban J connectivity index is 2.83. The van der Waals surface area contributed by atoms with E-state index in [2.05, 4.69) is 29.1 Å². The number of nitrogens with zero attached hydrogens (tertiary/aromatic N) is 3. The molecule has 0 bridgehead atoms. The molecule has 0 aliphatic carbocycles. The average Bonchev–Trinajstić information content (AvgIpc) is 2.26. The molecule has 0 atom stereocenters. The molecule has 0 aromatic carbocycles. The number of aryl methyl sites for hydroxylation is 1. The number of hydrogen-bond acceptors (Lipinski definition) is 5. The highest BCUT2D eigenvalue weighted by molar-refractivity contribution is 5.75. The molecule has 20 heavy (non-hydrogen) atoms. The average molecular weight is 279 g/mol. The Labute approximate surface area is 120 Å². The van der Waals surface area contributed by atoms with Crippen LogP contribution in [0.4, 0.5) is 5.82 Å². The third-order valence-electron chi connectivity index (χ3n) is 2.63. The van der Waals surface area contributed by atoms with Gasteiger partial charge in [-0.05, 0) is 19.8 Å². The summed E-state index contributed by atoms with van der Waals surface area (Å²) >= 11 is 0. The third-order valence-corrected chi connectivity index (χ3v) is 2.63. The molecule has 0 fully saturated rings. The highest BCUT2D eigenvalue weighted by Gasteiger charge is 2.13. The Kier molecular flexibility index (Phi) is 6.38. The second kappa shape index (κ2) is 7.79. The SMILES string of the molecule is CCNc1cc(C)nc(CN(CC(N)=O)CC(C)C)n1. The first kappa shape index (κ1) is 16.4. The molecule has 0 spiro atoms. The standard InChI is InChI=1S/C14H25N5O/c1-5-16-13-6-11(4)17-14(18-13)9-19(7-10(2)3)8-12(15)20/h6,10H,5,7-9H2,1-4H3,(H2,15,20)(H,16,17,18). The van der Waals surface area contributed by atoms with E-state index in [1.165, 1.54) is 0 Å². The predicted molar refractivity (Wildman–Crippen MR) is 80.2 cm³/mol. The van der Waals surface area contributed by atoms with Gasteiger partial charge in [0.1, 0.15) is 11.6 Å². The topological polar surface area (TPSA) is 84.1 Å². The predicted octanol–water partition coefficient (Wildman–Crippen LogP) is 1.16. The first-order valence-electron chi connectivity index (χ1n) is 6.99. The number of primary amides is 1. The van der Waals surface area contributed by atoms with Crippen molar-refractivity contribution in [3.05, 3.63) is 17.6 Å². The molecule has 1 amide bonds. The van der Waals surface area contributed by atoms with Crippen molar-refractivity contribution in [1.29, 1.82) is 0 Å². The van der Waals surface area contributed by atoms with Gasteiger partial charge in [-0.3, -0.25) is 9.69 Å². The summed E-state index contributed by atoms with van der Waals surface area (Å²) in [5, 5.41) is 3.18. The van der Waals surface area contributed by atoms with Crippen molar-refractivity contribution in [2.45, 2.75) is 34.2 Å². The van der Waals surface area contributed by atoms with Gasteiger partial charge < -0.3 is 11.1 Å². The van der Waals surface area contributed by atoms with Crippen molar-refractivity contribution in [3.63, 3.8) is 0 Å². The zero-order valence-electron chi connectivity index (χ0n) is 12.8. The molecule has 112 valence electrons. The van der Waals surface area contributed by atoms with Crippen LogP contribution in [0.15, 0.2) is 6.07 Å². The summed E-state index contributed by atoms with van der Waals surface area (Å²) in [4.78, 5) is 22.0. The molecule has 6 nitrogen and oxygen atoms in total. The van der Waals surface area contributed by atoms with Crippen molar-refractivity contribution < 1.29 is 4.79 Å². The van der Waals surface area contributed by atoms with Gasteiger partial charge in [0.15, 0.2) is 0 Å². The second-order valence-corrected chi connectivity index (χ2v) is 5.37. The van der Waals surface area contributed by atoms with Crippen molar-refractivity contribution in [1.82, 2.24) is 14.9 Å². The maximum Gasteiger partial charge on any atom is 0.231 e. The summed E-state index contributed by atoms with van der Waals surface area (Å²) in [6, 6.07) is 1.91. The van der Waals surface area contributed by atoms with Gasteiger partial charge in [-0.1, -0.05) is 13.8 Å². The van der Waals surface area contributed by atoms with Gasteiger partial charge in [-0.2, -0.15) is 0 Å². The van der Waals surface area contributed by atoms with Crippen LogP contribution in [0.5, 0.6) is 0 Å². The van der Waals surface area contributed by atoms with E-state index in [1.54, 1.807) is 0 Å². The van der Waals surface area contributed by atoms with E-state index in [1.807, 2.05) is 24.8 Å². The van der Waals surface area contributed by atoms with Gasteiger partial charge in [0.05, 0.1) is 13.1 Å². The molecule has 0 aliphatic rings. The van der Waals surface area contributed by atoms with Crippen LogP contribution in [-0.2, 0) is 11.3 Å². The second-order valence-electron chi connectivity index (χ2n) is 5.37. The molecular weight excluding hydrogens is 254 g/mol. The Morgan fingerprint density at radius 3 is 2.70 bits per heavy atom. The molecule has 6 heteroatoms. The summed E-state index contributed by atoms with van der Waals surface area (Å²) in [5.74, 6) is 1.65. The van der Waals surface area contributed by atoms with E-state index >= 15 is 0 Å². The van der Waals surface area contributed by atoms with Crippen molar-refractivity contribution in [2.24, 2.45) is 11.7 Å². The lowest BCUT2D eigenvalue weighted by Crippen LogP contribution is -2.36. The van der Waals surface area contributed by atoms with Crippen molar-refractivity contribution in [3.8, 4) is 0 Å². The number of nitrogens with one attached hydrogen (secondary N) is 1. The highest BCUT2D eigenvalue weighted by atomic mass is 16.1. The zero-order chi connectivity index (χ0) is 15.1. The summed E-state index contributed by atoms with van der Waals surface area (Å²) in [6.07, 6.45) is 0. The molecule has 1 heterocycles.